The Hall–Kier alpha value is -4.08. The average molecular weight is 413 g/mol. The van der Waals surface area contributed by atoms with Gasteiger partial charge in [0.25, 0.3) is 11.8 Å². The molecule has 0 aliphatic carbocycles. The number of carbonyl (C=O) groups is 3. The largest absolute Gasteiger partial charge is 0.486 e. The van der Waals surface area contributed by atoms with Crippen LogP contribution in [0.15, 0.2) is 47.6 Å². The van der Waals surface area contributed by atoms with Crippen molar-refractivity contribution in [1.29, 1.82) is 0 Å². The normalized spacial score (nSPS) is 12.3. The fourth-order valence-corrected chi connectivity index (χ4v) is 2.52. The van der Waals surface area contributed by atoms with Crippen molar-refractivity contribution < 1.29 is 33.7 Å². The molecule has 3 N–H and O–H groups in total. The molecule has 2 aromatic rings. The lowest BCUT2D eigenvalue weighted by atomic mass is 10.2. The zero-order chi connectivity index (χ0) is 21.3. The Balaban J connectivity index is 1.49. The maximum absolute atomic E-state index is 12.2. The summed E-state index contributed by atoms with van der Waals surface area (Å²) in [5.74, 6) is -0.738. The molecule has 0 bridgehead atoms. The Labute approximate surface area is 171 Å². The highest BCUT2D eigenvalue weighted by molar-refractivity contribution is 5.97. The summed E-state index contributed by atoms with van der Waals surface area (Å²) in [4.78, 5) is 34.7. The highest BCUT2D eigenvalue weighted by Gasteiger charge is 2.15. The molecule has 1 aliphatic rings. The van der Waals surface area contributed by atoms with Crippen LogP contribution in [0.25, 0.3) is 0 Å². The second kappa shape index (κ2) is 9.92. The molecule has 0 saturated carbocycles. The number of amides is 2. The smallest absolute Gasteiger partial charge is 0.341 e. The number of benzene rings is 2. The molecular formula is C20H19N3O7. The minimum absolute atomic E-state index is 0.290. The van der Waals surface area contributed by atoms with Crippen LogP contribution < -0.4 is 25.0 Å². The van der Waals surface area contributed by atoms with Gasteiger partial charge in [-0.05, 0) is 30.3 Å². The molecular weight excluding hydrogens is 394 g/mol. The van der Waals surface area contributed by atoms with Crippen molar-refractivity contribution >= 4 is 24.0 Å². The lowest BCUT2D eigenvalue weighted by Gasteiger charge is -2.18. The number of nitrogens with one attached hydrogen (secondary N) is 2. The van der Waals surface area contributed by atoms with Gasteiger partial charge in [-0.25, -0.2) is 10.2 Å². The molecule has 0 radical (unpaired) electrons. The minimum Gasteiger partial charge on any atom is -0.486 e. The summed E-state index contributed by atoms with van der Waals surface area (Å²) >= 11 is 0. The van der Waals surface area contributed by atoms with Crippen molar-refractivity contribution in [2.24, 2.45) is 5.10 Å². The van der Waals surface area contributed by atoms with Gasteiger partial charge < -0.3 is 24.6 Å². The Morgan fingerprint density at radius 1 is 1.10 bits per heavy atom. The lowest BCUT2D eigenvalue weighted by Crippen LogP contribution is -2.35. The van der Waals surface area contributed by atoms with E-state index >= 15 is 0 Å². The van der Waals surface area contributed by atoms with Crippen LogP contribution in [-0.4, -0.2) is 55.5 Å². The zero-order valence-corrected chi connectivity index (χ0v) is 15.8. The summed E-state index contributed by atoms with van der Waals surface area (Å²) in [5.41, 5.74) is 3.10. The zero-order valence-electron chi connectivity index (χ0n) is 15.8. The number of rotatable bonds is 8. The van der Waals surface area contributed by atoms with E-state index in [-0.39, 0.29) is 6.54 Å². The molecule has 3 rings (SSSR count). The number of hydrogen-bond acceptors (Lipinski definition) is 7. The number of aliphatic carboxylic acids is 1. The fraction of sp³-hybridized carbons (Fsp3) is 0.200. The van der Waals surface area contributed by atoms with Crippen molar-refractivity contribution in [2.75, 3.05) is 26.4 Å². The predicted octanol–water partition coefficient (Wildman–Crippen LogP) is 0.801. The van der Waals surface area contributed by atoms with E-state index in [1.54, 1.807) is 42.5 Å². The molecule has 2 aromatic carbocycles. The highest BCUT2D eigenvalue weighted by Crippen LogP contribution is 2.30. The number of carboxylic acids is 1. The number of nitrogens with zero attached hydrogens (tertiary/aromatic N) is 1. The first-order valence-electron chi connectivity index (χ1n) is 8.96. The first-order chi connectivity index (χ1) is 14.5. The molecule has 30 heavy (non-hydrogen) atoms. The lowest BCUT2D eigenvalue weighted by molar-refractivity contribution is -0.139. The average Bonchev–Trinajstić information content (AvgIpc) is 2.76. The molecule has 1 heterocycles. The first-order valence-corrected chi connectivity index (χ1v) is 8.96. The van der Waals surface area contributed by atoms with Crippen molar-refractivity contribution in [3.8, 4) is 17.2 Å². The number of carbonyl (C=O) groups excluding carboxylic acids is 2. The van der Waals surface area contributed by atoms with E-state index in [4.69, 9.17) is 19.3 Å². The van der Waals surface area contributed by atoms with Gasteiger partial charge in [0.15, 0.2) is 18.1 Å². The standard InChI is InChI=1S/C20H19N3O7/c24-18(23-22-10-14-3-1-2-4-15(14)30-12-19(25)26)11-21-20(27)13-5-6-16-17(9-13)29-8-7-28-16/h1-6,9-10H,7-8,11-12H2,(H,21,27)(H,23,24)(H,25,26)/b22-10+. The monoisotopic (exact) mass is 413 g/mol. The van der Waals surface area contributed by atoms with Crippen LogP contribution in [-0.2, 0) is 9.59 Å². The van der Waals surface area contributed by atoms with Gasteiger partial charge in [0.1, 0.15) is 19.0 Å². The Morgan fingerprint density at radius 3 is 2.67 bits per heavy atom. The van der Waals surface area contributed by atoms with Gasteiger partial charge in [-0.15, -0.1) is 0 Å². The van der Waals surface area contributed by atoms with E-state index in [1.165, 1.54) is 6.21 Å². The number of fused-ring (bicyclic) bond motifs is 1. The van der Waals surface area contributed by atoms with Gasteiger partial charge in [-0.1, -0.05) is 12.1 Å². The van der Waals surface area contributed by atoms with Gasteiger partial charge in [0.2, 0.25) is 0 Å². The molecule has 10 heteroatoms. The first kappa shape index (κ1) is 20.6. The molecule has 0 aromatic heterocycles. The third-order valence-corrected chi connectivity index (χ3v) is 3.88. The summed E-state index contributed by atoms with van der Waals surface area (Å²) in [5, 5.41) is 15.0. The number of ether oxygens (including phenoxy) is 3. The molecule has 0 unspecified atom stereocenters. The van der Waals surface area contributed by atoms with Crippen molar-refractivity contribution in [3.05, 3.63) is 53.6 Å². The van der Waals surface area contributed by atoms with E-state index in [0.29, 0.717) is 41.6 Å². The maximum atomic E-state index is 12.2. The van der Waals surface area contributed by atoms with Crippen LogP contribution in [0, 0.1) is 0 Å². The van der Waals surface area contributed by atoms with Crippen LogP contribution in [0.3, 0.4) is 0 Å². The van der Waals surface area contributed by atoms with Crippen LogP contribution >= 0.6 is 0 Å². The highest BCUT2D eigenvalue weighted by atomic mass is 16.6. The van der Waals surface area contributed by atoms with Crippen LogP contribution in [0.4, 0.5) is 0 Å². The van der Waals surface area contributed by atoms with Gasteiger partial charge in [0.05, 0.1) is 12.8 Å². The number of hydrazone groups is 1. The van der Waals surface area contributed by atoms with E-state index in [2.05, 4.69) is 15.8 Å². The molecule has 0 fully saturated rings. The van der Waals surface area contributed by atoms with E-state index < -0.39 is 24.4 Å². The quantitative estimate of drug-likeness (QED) is 0.430. The van der Waals surface area contributed by atoms with Crippen molar-refractivity contribution in [3.63, 3.8) is 0 Å². The van der Waals surface area contributed by atoms with Crippen molar-refractivity contribution in [2.45, 2.75) is 0 Å². The maximum Gasteiger partial charge on any atom is 0.341 e. The van der Waals surface area contributed by atoms with Gasteiger partial charge >= 0.3 is 5.97 Å². The molecule has 0 spiro atoms. The van der Waals surface area contributed by atoms with E-state index in [1.807, 2.05) is 0 Å². The summed E-state index contributed by atoms with van der Waals surface area (Å²) in [7, 11) is 0. The van der Waals surface area contributed by atoms with E-state index in [0.717, 1.165) is 0 Å². The summed E-state index contributed by atoms with van der Waals surface area (Å²) in [6.07, 6.45) is 1.32. The topological polar surface area (TPSA) is 136 Å². The van der Waals surface area contributed by atoms with Crippen LogP contribution in [0.1, 0.15) is 15.9 Å². The van der Waals surface area contributed by atoms with E-state index in [9.17, 15) is 14.4 Å². The van der Waals surface area contributed by atoms with Gasteiger partial charge in [0, 0.05) is 11.1 Å². The molecule has 10 nitrogen and oxygen atoms in total. The summed E-state index contributed by atoms with van der Waals surface area (Å²) < 4.78 is 16.0. The minimum atomic E-state index is -1.11. The third kappa shape index (κ3) is 5.71. The number of hydrogen-bond donors (Lipinski definition) is 3. The molecule has 0 saturated heterocycles. The second-order valence-corrected chi connectivity index (χ2v) is 6.05. The predicted molar refractivity (Wildman–Crippen MR) is 105 cm³/mol. The van der Waals surface area contributed by atoms with Gasteiger partial charge in [-0.3, -0.25) is 9.59 Å². The molecule has 0 atom stereocenters. The Kier molecular flexibility index (Phi) is 6.83. The number of para-hydroxylation sites is 1. The molecule has 156 valence electrons. The third-order valence-electron chi connectivity index (χ3n) is 3.88. The van der Waals surface area contributed by atoms with Crippen LogP contribution in [0.2, 0.25) is 0 Å². The second-order valence-electron chi connectivity index (χ2n) is 6.05. The van der Waals surface area contributed by atoms with Crippen molar-refractivity contribution in [1.82, 2.24) is 10.7 Å². The molecule has 2 amide bonds. The summed E-state index contributed by atoms with van der Waals surface area (Å²) in [6, 6.07) is 11.4. The summed E-state index contributed by atoms with van der Waals surface area (Å²) in [6.45, 7) is 0.0726. The van der Waals surface area contributed by atoms with Gasteiger partial charge in [-0.2, -0.15) is 5.10 Å². The fourth-order valence-electron chi connectivity index (χ4n) is 2.52. The van der Waals surface area contributed by atoms with Crippen LogP contribution in [0.5, 0.6) is 17.2 Å². The SMILES string of the molecule is O=C(O)COc1ccccc1/C=N/NC(=O)CNC(=O)c1ccc2c(c1)OCCO2. The Morgan fingerprint density at radius 2 is 1.87 bits per heavy atom. The Bertz CT molecular complexity index is 975. The number of carboxylic acid groups (broad SMARTS) is 1. The molecule has 1 aliphatic heterocycles.